The maximum Gasteiger partial charge on any atom is 0.243 e. The van der Waals surface area contributed by atoms with Gasteiger partial charge in [0.05, 0.1) is 16.5 Å². The van der Waals surface area contributed by atoms with E-state index in [4.69, 9.17) is 5.26 Å². The molecule has 1 aliphatic rings. The van der Waals surface area contributed by atoms with Gasteiger partial charge in [-0.2, -0.15) is 9.57 Å². The van der Waals surface area contributed by atoms with Crippen LogP contribution in [0, 0.1) is 11.3 Å². The summed E-state index contributed by atoms with van der Waals surface area (Å²) >= 11 is 0. The topological polar surface area (TPSA) is 78.2 Å². The molecule has 0 N–H and O–H groups in total. The first-order chi connectivity index (χ1) is 8.54. The van der Waals surface area contributed by atoms with E-state index in [1.165, 1.54) is 28.6 Å². The second kappa shape index (κ2) is 5.18. The minimum atomic E-state index is -3.52. The van der Waals surface area contributed by atoms with Gasteiger partial charge in [0, 0.05) is 35.4 Å². The molecular formula is C11H12N2O3S2. The van der Waals surface area contributed by atoms with Crippen LogP contribution in [0.1, 0.15) is 5.56 Å². The number of benzene rings is 1. The summed E-state index contributed by atoms with van der Waals surface area (Å²) in [5.74, 6) is 0.769. The zero-order valence-corrected chi connectivity index (χ0v) is 11.2. The van der Waals surface area contributed by atoms with E-state index in [2.05, 4.69) is 0 Å². The SMILES string of the molecule is N#Cc1ccc(S(=O)(=O)N2CCS(=O)CC2)cc1. The molecule has 1 aromatic rings. The molecule has 1 aromatic carbocycles. The molecule has 0 saturated carbocycles. The van der Waals surface area contributed by atoms with Crippen molar-refractivity contribution in [3.05, 3.63) is 29.8 Å². The molecule has 0 bridgehead atoms. The Bertz CT molecular complexity index is 592. The lowest BCUT2D eigenvalue weighted by atomic mass is 10.2. The summed E-state index contributed by atoms with van der Waals surface area (Å²) in [4.78, 5) is 0.175. The van der Waals surface area contributed by atoms with Crippen LogP contribution in [0.5, 0.6) is 0 Å². The van der Waals surface area contributed by atoms with Crippen molar-refractivity contribution >= 4 is 20.8 Å². The lowest BCUT2D eigenvalue weighted by Crippen LogP contribution is -2.41. The third-order valence-electron chi connectivity index (χ3n) is 2.76. The summed E-state index contributed by atoms with van der Waals surface area (Å²) < 4.78 is 37.0. The fourth-order valence-corrected chi connectivity index (χ4v) is 4.44. The summed E-state index contributed by atoms with van der Waals surface area (Å²) in [7, 11) is -4.43. The van der Waals surface area contributed by atoms with Gasteiger partial charge < -0.3 is 0 Å². The van der Waals surface area contributed by atoms with Crippen molar-refractivity contribution in [1.29, 1.82) is 5.26 Å². The van der Waals surface area contributed by atoms with E-state index in [9.17, 15) is 12.6 Å². The smallest absolute Gasteiger partial charge is 0.243 e. The van der Waals surface area contributed by atoms with E-state index in [1.54, 1.807) is 0 Å². The van der Waals surface area contributed by atoms with Crippen LogP contribution in [0.4, 0.5) is 0 Å². The summed E-state index contributed by atoms with van der Waals surface area (Å²) in [6, 6.07) is 7.76. The van der Waals surface area contributed by atoms with Crippen molar-refractivity contribution in [3.8, 4) is 6.07 Å². The van der Waals surface area contributed by atoms with Crippen LogP contribution < -0.4 is 0 Å². The third kappa shape index (κ3) is 2.61. The second-order valence-electron chi connectivity index (χ2n) is 3.89. The molecule has 7 heteroatoms. The normalized spacial score (nSPS) is 18.4. The number of sulfonamides is 1. The average Bonchev–Trinajstić information content (AvgIpc) is 2.39. The minimum absolute atomic E-state index is 0.175. The Kier molecular flexibility index (Phi) is 3.80. The van der Waals surface area contributed by atoms with E-state index in [1.807, 2.05) is 6.07 Å². The summed E-state index contributed by atoms with van der Waals surface area (Å²) in [5.41, 5.74) is 0.425. The molecule has 0 aliphatic carbocycles. The Labute approximate surface area is 109 Å². The highest BCUT2D eigenvalue weighted by Crippen LogP contribution is 2.17. The molecule has 0 amide bonds. The van der Waals surface area contributed by atoms with Gasteiger partial charge in [-0.05, 0) is 24.3 Å². The van der Waals surface area contributed by atoms with Crippen molar-refractivity contribution in [2.24, 2.45) is 0 Å². The number of hydrogen-bond acceptors (Lipinski definition) is 4. The average molecular weight is 284 g/mol. The Hall–Kier alpha value is -1.23. The lowest BCUT2D eigenvalue weighted by Gasteiger charge is -2.25. The summed E-state index contributed by atoms with van der Waals surface area (Å²) in [6.07, 6.45) is 0. The van der Waals surface area contributed by atoms with E-state index < -0.39 is 20.8 Å². The van der Waals surface area contributed by atoms with Gasteiger partial charge in [0.15, 0.2) is 0 Å². The van der Waals surface area contributed by atoms with Crippen LogP contribution in [-0.4, -0.2) is 41.5 Å². The van der Waals surface area contributed by atoms with Gasteiger partial charge >= 0.3 is 0 Å². The highest BCUT2D eigenvalue weighted by atomic mass is 32.2. The van der Waals surface area contributed by atoms with E-state index in [0.29, 0.717) is 17.1 Å². The third-order valence-corrected chi connectivity index (χ3v) is 5.95. The van der Waals surface area contributed by atoms with Gasteiger partial charge in [-0.3, -0.25) is 4.21 Å². The van der Waals surface area contributed by atoms with Crippen molar-refractivity contribution in [1.82, 2.24) is 4.31 Å². The maximum atomic E-state index is 12.2. The van der Waals surface area contributed by atoms with Gasteiger partial charge in [0.1, 0.15) is 0 Å². The largest absolute Gasteiger partial charge is 0.259 e. The quantitative estimate of drug-likeness (QED) is 0.783. The molecule has 0 radical (unpaired) electrons. The summed E-state index contributed by atoms with van der Waals surface area (Å²) in [6.45, 7) is 0.573. The maximum absolute atomic E-state index is 12.2. The predicted molar refractivity (Wildman–Crippen MR) is 67.8 cm³/mol. The van der Waals surface area contributed by atoms with Crippen molar-refractivity contribution in [3.63, 3.8) is 0 Å². The highest BCUT2D eigenvalue weighted by molar-refractivity contribution is 7.89. The van der Waals surface area contributed by atoms with Crippen LogP contribution >= 0.6 is 0 Å². The Morgan fingerprint density at radius 2 is 1.72 bits per heavy atom. The number of hydrogen-bond donors (Lipinski definition) is 0. The standard InChI is InChI=1S/C11H12N2O3S2/c12-9-10-1-3-11(4-2-10)18(15,16)13-5-7-17(14)8-6-13/h1-4H,5-8H2. The first-order valence-electron chi connectivity index (χ1n) is 5.39. The predicted octanol–water partition coefficient (Wildman–Crippen LogP) is 0.311. The number of nitriles is 1. The monoisotopic (exact) mass is 284 g/mol. The fraction of sp³-hybridized carbons (Fsp3) is 0.364. The van der Waals surface area contributed by atoms with Gasteiger partial charge in [0.25, 0.3) is 0 Å². The van der Waals surface area contributed by atoms with Gasteiger partial charge in [-0.25, -0.2) is 8.42 Å². The van der Waals surface area contributed by atoms with Crippen molar-refractivity contribution in [2.45, 2.75) is 4.90 Å². The van der Waals surface area contributed by atoms with E-state index in [0.717, 1.165) is 0 Å². The number of rotatable bonds is 2. The fourth-order valence-electron chi connectivity index (χ4n) is 1.71. The Balaban J connectivity index is 2.25. The first-order valence-corrected chi connectivity index (χ1v) is 8.32. The highest BCUT2D eigenvalue weighted by Gasteiger charge is 2.27. The molecular weight excluding hydrogens is 272 g/mol. The van der Waals surface area contributed by atoms with Gasteiger partial charge in [0.2, 0.25) is 10.0 Å². The van der Waals surface area contributed by atoms with E-state index in [-0.39, 0.29) is 18.0 Å². The summed E-state index contributed by atoms with van der Waals surface area (Å²) in [5, 5.41) is 8.67. The molecule has 2 rings (SSSR count). The van der Waals surface area contributed by atoms with Crippen molar-refractivity contribution < 1.29 is 12.6 Å². The molecule has 1 saturated heterocycles. The Morgan fingerprint density at radius 3 is 2.22 bits per heavy atom. The Morgan fingerprint density at radius 1 is 1.17 bits per heavy atom. The molecule has 0 aromatic heterocycles. The molecule has 0 atom stereocenters. The zero-order chi connectivity index (χ0) is 13.2. The van der Waals surface area contributed by atoms with Crippen LogP contribution in [-0.2, 0) is 20.8 Å². The van der Waals surface area contributed by atoms with E-state index >= 15 is 0 Å². The molecule has 1 aliphatic heterocycles. The van der Waals surface area contributed by atoms with Crippen molar-refractivity contribution in [2.75, 3.05) is 24.6 Å². The second-order valence-corrected chi connectivity index (χ2v) is 7.52. The molecule has 1 heterocycles. The van der Waals surface area contributed by atoms with Crippen LogP contribution in [0.15, 0.2) is 29.2 Å². The van der Waals surface area contributed by atoms with Crippen LogP contribution in [0.25, 0.3) is 0 Å². The van der Waals surface area contributed by atoms with Crippen LogP contribution in [0.3, 0.4) is 0 Å². The molecule has 0 unspecified atom stereocenters. The molecule has 18 heavy (non-hydrogen) atoms. The first kappa shape index (κ1) is 13.2. The molecule has 5 nitrogen and oxygen atoms in total. The van der Waals surface area contributed by atoms with Crippen LogP contribution in [0.2, 0.25) is 0 Å². The minimum Gasteiger partial charge on any atom is -0.259 e. The molecule has 0 spiro atoms. The number of nitrogens with zero attached hydrogens (tertiary/aromatic N) is 2. The zero-order valence-electron chi connectivity index (χ0n) is 9.57. The van der Waals surface area contributed by atoms with Gasteiger partial charge in [-0.15, -0.1) is 0 Å². The lowest BCUT2D eigenvalue weighted by molar-refractivity contribution is 0.438. The van der Waals surface area contributed by atoms with Gasteiger partial charge in [-0.1, -0.05) is 0 Å². The molecule has 1 fully saturated rings. The molecule has 96 valence electrons.